The third-order valence-corrected chi connectivity index (χ3v) is 1.36. The quantitative estimate of drug-likeness (QED) is 0.516. The van der Waals surface area contributed by atoms with Crippen molar-refractivity contribution in [2.75, 3.05) is 13.1 Å². The van der Waals surface area contributed by atoms with E-state index in [1.54, 1.807) is 12.4 Å². The maximum atomic E-state index is 3.96. The molecule has 2 nitrogen and oxygen atoms in total. The molecule has 1 heterocycles. The lowest BCUT2D eigenvalue weighted by Crippen LogP contribution is -2.11. The van der Waals surface area contributed by atoms with Gasteiger partial charge in [0.15, 0.2) is 0 Å². The van der Waals surface area contributed by atoms with Crippen molar-refractivity contribution in [2.45, 2.75) is 6.92 Å². The van der Waals surface area contributed by atoms with E-state index in [1.807, 2.05) is 12.1 Å². The first-order valence-electron chi connectivity index (χ1n) is 4.03. The second kappa shape index (κ2) is 5.34. The molecule has 0 saturated heterocycles. The fraction of sp³-hybridized carbons (Fsp3) is 0.300. The molecule has 0 unspecified atom stereocenters. The van der Waals surface area contributed by atoms with Gasteiger partial charge in [0.1, 0.15) is 0 Å². The van der Waals surface area contributed by atoms with Crippen molar-refractivity contribution in [3.8, 4) is 11.8 Å². The van der Waals surface area contributed by atoms with Gasteiger partial charge in [-0.15, -0.1) is 0 Å². The molecule has 0 fully saturated rings. The van der Waals surface area contributed by atoms with Crippen LogP contribution in [0.1, 0.15) is 12.5 Å². The highest BCUT2D eigenvalue weighted by Crippen LogP contribution is 1.90. The van der Waals surface area contributed by atoms with Gasteiger partial charge in [-0.25, -0.2) is 0 Å². The van der Waals surface area contributed by atoms with E-state index in [-0.39, 0.29) is 0 Å². The van der Waals surface area contributed by atoms with Crippen LogP contribution in [0, 0.1) is 11.8 Å². The summed E-state index contributed by atoms with van der Waals surface area (Å²) < 4.78 is 0. The number of hydrogen-bond donors (Lipinski definition) is 1. The molecule has 0 aromatic carbocycles. The molecule has 0 bridgehead atoms. The minimum absolute atomic E-state index is 0.741. The van der Waals surface area contributed by atoms with E-state index in [0.29, 0.717) is 0 Å². The van der Waals surface area contributed by atoms with Crippen LogP contribution in [0.4, 0.5) is 0 Å². The fourth-order valence-electron chi connectivity index (χ4n) is 0.770. The minimum atomic E-state index is 0.741. The molecule has 0 saturated carbocycles. The number of rotatable bonds is 2. The van der Waals surface area contributed by atoms with Gasteiger partial charge in [-0.2, -0.15) is 0 Å². The lowest BCUT2D eigenvalue weighted by Gasteiger charge is -1.89. The molecule has 0 aliphatic rings. The van der Waals surface area contributed by atoms with Gasteiger partial charge in [-0.1, -0.05) is 18.8 Å². The van der Waals surface area contributed by atoms with E-state index < -0.39 is 0 Å². The van der Waals surface area contributed by atoms with Gasteiger partial charge in [0.25, 0.3) is 0 Å². The third-order valence-electron chi connectivity index (χ3n) is 1.36. The van der Waals surface area contributed by atoms with Gasteiger partial charge in [0.05, 0.1) is 6.54 Å². The maximum absolute atomic E-state index is 3.96. The molecule has 1 aromatic heterocycles. The predicted molar refractivity (Wildman–Crippen MR) is 49.7 cm³/mol. The fourth-order valence-corrected chi connectivity index (χ4v) is 0.770. The van der Waals surface area contributed by atoms with E-state index in [0.717, 1.165) is 18.7 Å². The highest BCUT2D eigenvalue weighted by molar-refractivity contribution is 5.31. The summed E-state index contributed by atoms with van der Waals surface area (Å²) in [6.45, 7) is 3.76. The Morgan fingerprint density at radius 2 is 2.50 bits per heavy atom. The van der Waals surface area contributed by atoms with Crippen molar-refractivity contribution < 1.29 is 0 Å². The van der Waals surface area contributed by atoms with Gasteiger partial charge in [0.2, 0.25) is 0 Å². The van der Waals surface area contributed by atoms with Crippen LogP contribution in [-0.4, -0.2) is 18.1 Å². The zero-order valence-corrected chi connectivity index (χ0v) is 7.17. The number of aromatic nitrogens is 1. The van der Waals surface area contributed by atoms with Crippen molar-refractivity contribution in [2.24, 2.45) is 0 Å². The van der Waals surface area contributed by atoms with Gasteiger partial charge >= 0.3 is 0 Å². The number of nitrogens with one attached hydrogen (secondary N) is 1. The summed E-state index contributed by atoms with van der Waals surface area (Å²) in [6.07, 6.45) is 3.51. The SMILES string of the molecule is CCNCC#Cc1cccnc1. The van der Waals surface area contributed by atoms with Crippen molar-refractivity contribution in [1.82, 2.24) is 10.3 Å². The Bertz CT molecular complexity index is 269. The monoisotopic (exact) mass is 160 g/mol. The van der Waals surface area contributed by atoms with E-state index in [9.17, 15) is 0 Å². The normalized spacial score (nSPS) is 8.75. The molecule has 0 spiro atoms. The van der Waals surface area contributed by atoms with Crippen molar-refractivity contribution in [1.29, 1.82) is 0 Å². The molecule has 0 amide bonds. The molecule has 0 atom stereocenters. The van der Waals surface area contributed by atoms with E-state index in [2.05, 4.69) is 29.1 Å². The molecule has 1 N–H and O–H groups in total. The van der Waals surface area contributed by atoms with Gasteiger partial charge in [-0.3, -0.25) is 4.98 Å². The maximum Gasteiger partial charge on any atom is 0.0580 e. The van der Waals surface area contributed by atoms with Crippen molar-refractivity contribution in [3.05, 3.63) is 30.1 Å². The van der Waals surface area contributed by atoms with Crippen molar-refractivity contribution in [3.63, 3.8) is 0 Å². The lowest BCUT2D eigenvalue weighted by molar-refractivity contribution is 0.811. The highest BCUT2D eigenvalue weighted by atomic mass is 14.8. The van der Waals surface area contributed by atoms with Crippen LogP contribution in [0.15, 0.2) is 24.5 Å². The third kappa shape index (κ3) is 3.18. The molecule has 0 radical (unpaired) electrons. The smallest absolute Gasteiger partial charge is 0.0580 e. The van der Waals surface area contributed by atoms with Gasteiger partial charge < -0.3 is 5.32 Å². The molecular formula is C10H12N2. The van der Waals surface area contributed by atoms with Gasteiger partial charge in [-0.05, 0) is 18.7 Å². The molecule has 0 aliphatic carbocycles. The van der Waals surface area contributed by atoms with Crippen LogP contribution in [0.3, 0.4) is 0 Å². The molecule has 2 heteroatoms. The van der Waals surface area contributed by atoms with E-state index in [1.165, 1.54) is 0 Å². The Morgan fingerprint density at radius 3 is 3.17 bits per heavy atom. The topological polar surface area (TPSA) is 24.9 Å². The second-order valence-electron chi connectivity index (χ2n) is 2.32. The molecular weight excluding hydrogens is 148 g/mol. The van der Waals surface area contributed by atoms with Crippen LogP contribution >= 0.6 is 0 Å². The summed E-state index contributed by atoms with van der Waals surface area (Å²) in [7, 11) is 0. The average molecular weight is 160 g/mol. The summed E-state index contributed by atoms with van der Waals surface area (Å²) in [5, 5.41) is 3.12. The Labute approximate surface area is 73.0 Å². The summed E-state index contributed by atoms with van der Waals surface area (Å²) in [5.74, 6) is 6.01. The molecule has 1 rings (SSSR count). The number of pyridine rings is 1. The standard InChI is InChI=1S/C10H12N2/c1-2-11-7-3-5-10-6-4-8-12-9-10/h4,6,8-9,11H,2,7H2,1H3. The highest BCUT2D eigenvalue weighted by Gasteiger charge is 1.80. The van der Waals surface area contributed by atoms with E-state index in [4.69, 9.17) is 0 Å². The van der Waals surface area contributed by atoms with Crippen LogP contribution < -0.4 is 5.32 Å². The average Bonchev–Trinajstić information content (AvgIpc) is 2.14. The zero-order chi connectivity index (χ0) is 8.65. The number of nitrogens with zero attached hydrogens (tertiary/aromatic N) is 1. The minimum Gasteiger partial charge on any atom is -0.306 e. The van der Waals surface area contributed by atoms with Crippen LogP contribution in [0.25, 0.3) is 0 Å². The largest absolute Gasteiger partial charge is 0.306 e. The van der Waals surface area contributed by atoms with Crippen LogP contribution in [0.5, 0.6) is 0 Å². The molecule has 1 aromatic rings. The van der Waals surface area contributed by atoms with Gasteiger partial charge in [0, 0.05) is 18.0 Å². The summed E-state index contributed by atoms with van der Waals surface area (Å²) in [6, 6.07) is 3.84. The first-order valence-corrected chi connectivity index (χ1v) is 4.03. The Kier molecular flexibility index (Phi) is 3.90. The zero-order valence-electron chi connectivity index (χ0n) is 7.17. The second-order valence-corrected chi connectivity index (χ2v) is 2.32. The van der Waals surface area contributed by atoms with E-state index >= 15 is 0 Å². The molecule has 62 valence electrons. The predicted octanol–water partition coefficient (Wildman–Crippen LogP) is 1.04. The first-order chi connectivity index (χ1) is 5.93. The molecule has 12 heavy (non-hydrogen) atoms. The Balaban J connectivity index is 2.44. The van der Waals surface area contributed by atoms with Crippen LogP contribution in [0.2, 0.25) is 0 Å². The molecule has 0 aliphatic heterocycles. The van der Waals surface area contributed by atoms with Crippen LogP contribution in [-0.2, 0) is 0 Å². The lowest BCUT2D eigenvalue weighted by atomic mass is 10.3. The summed E-state index contributed by atoms with van der Waals surface area (Å²) >= 11 is 0. The Hall–Kier alpha value is -1.33. The number of hydrogen-bond acceptors (Lipinski definition) is 2. The Morgan fingerprint density at radius 1 is 1.58 bits per heavy atom. The summed E-state index contributed by atoms with van der Waals surface area (Å²) in [5.41, 5.74) is 0.968. The van der Waals surface area contributed by atoms with Crippen molar-refractivity contribution >= 4 is 0 Å². The summed E-state index contributed by atoms with van der Waals surface area (Å²) in [4.78, 5) is 3.96. The first kappa shape index (κ1) is 8.76.